The number of hydrogen-bond acceptors (Lipinski definition) is 6. The van der Waals surface area contributed by atoms with E-state index in [0.29, 0.717) is 13.2 Å². The van der Waals surface area contributed by atoms with E-state index < -0.39 is 35.1 Å². The van der Waals surface area contributed by atoms with Crippen molar-refractivity contribution < 1.29 is 27.5 Å². The molecule has 0 aliphatic heterocycles. The highest BCUT2D eigenvalue weighted by Crippen LogP contribution is 2.14. The van der Waals surface area contributed by atoms with Crippen LogP contribution in [0.3, 0.4) is 0 Å². The first-order chi connectivity index (χ1) is 11.3. The molecule has 0 heterocycles. The van der Waals surface area contributed by atoms with E-state index in [-0.39, 0.29) is 4.90 Å². The van der Waals surface area contributed by atoms with E-state index in [0.717, 1.165) is 11.1 Å². The van der Waals surface area contributed by atoms with E-state index >= 15 is 0 Å². The first-order valence-electron chi connectivity index (χ1n) is 7.24. The zero-order chi connectivity index (χ0) is 18.2. The van der Waals surface area contributed by atoms with Gasteiger partial charge in [0.25, 0.3) is 5.91 Å². The molecule has 24 heavy (non-hydrogen) atoms. The smallest absolute Gasteiger partial charge is 0.321 e. The average molecular weight is 358 g/mol. The molecule has 0 atom stereocenters. The van der Waals surface area contributed by atoms with Crippen molar-refractivity contribution in [3.05, 3.63) is 29.3 Å². The summed E-state index contributed by atoms with van der Waals surface area (Å²) in [5.74, 6) is -1.33. The summed E-state index contributed by atoms with van der Waals surface area (Å²) in [4.78, 5) is 22.9. The van der Waals surface area contributed by atoms with E-state index in [1.807, 2.05) is 6.92 Å². The Hall–Kier alpha value is -1.97. The van der Waals surface area contributed by atoms with Gasteiger partial charge >= 0.3 is 5.97 Å². The van der Waals surface area contributed by atoms with Gasteiger partial charge in [-0.2, -0.15) is 4.72 Å². The molecule has 2 N–H and O–H groups in total. The summed E-state index contributed by atoms with van der Waals surface area (Å²) >= 11 is 0. The number of methoxy groups -OCH3 is 1. The minimum Gasteiger partial charge on any atom is -0.455 e. The summed E-state index contributed by atoms with van der Waals surface area (Å²) in [6, 6.07) is 4.66. The number of rotatable bonds is 9. The van der Waals surface area contributed by atoms with Crippen LogP contribution in [-0.4, -0.2) is 53.7 Å². The maximum Gasteiger partial charge on any atom is 0.321 e. The Kier molecular flexibility index (Phi) is 7.83. The van der Waals surface area contributed by atoms with Crippen LogP contribution in [0.15, 0.2) is 23.1 Å². The van der Waals surface area contributed by atoms with Gasteiger partial charge in [0, 0.05) is 13.7 Å². The summed E-state index contributed by atoms with van der Waals surface area (Å²) in [6.45, 7) is 3.27. The van der Waals surface area contributed by atoms with Crippen LogP contribution < -0.4 is 10.0 Å². The lowest BCUT2D eigenvalue weighted by Gasteiger charge is -2.09. The third kappa shape index (κ3) is 6.65. The number of esters is 1. The van der Waals surface area contributed by atoms with Gasteiger partial charge in [0.1, 0.15) is 6.54 Å². The average Bonchev–Trinajstić information content (AvgIpc) is 2.53. The molecule has 0 saturated heterocycles. The Bertz CT molecular complexity index is 687. The molecule has 0 aliphatic carbocycles. The van der Waals surface area contributed by atoms with E-state index in [1.165, 1.54) is 19.2 Å². The van der Waals surface area contributed by atoms with Crippen LogP contribution >= 0.6 is 0 Å². The fourth-order valence-electron chi connectivity index (χ4n) is 1.66. The molecule has 1 aromatic rings. The second kappa shape index (κ2) is 9.36. The molecule has 0 radical (unpaired) electrons. The highest BCUT2D eigenvalue weighted by molar-refractivity contribution is 7.89. The lowest BCUT2D eigenvalue weighted by Crippen LogP contribution is -2.34. The van der Waals surface area contributed by atoms with Gasteiger partial charge in [-0.25, -0.2) is 8.42 Å². The second-order valence-electron chi connectivity index (χ2n) is 5.07. The minimum absolute atomic E-state index is 0.0655. The van der Waals surface area contributed by atoms with Gasteiger partial charge in [-0.3, -0.25) is 9.59 Å². The number of hydrogen-bond donors (Lipinski definition) is 2. The molecule has 134 valence electrons. The number of aryl methyl sites for hydroxylation is 2. The van der Waals surface area contributed by atoms with Crippen LogP contribution in [0.4, 0.5) is 0 Å². The number of carbonyl (C=O) groups is 2. The number of sulfonamides is 1. The number of nitrogens with one attached hydrogen (secondary N) is 2. The Morgan fingerprint density at radius 1 is 1.17 bits per heavy atom. The molecular weight excluding hydrogens is 336 g/mol. The largest absolute Gasteiger partial charge is 0.455 e. The quantitative estimate of drug-likeness (QED) is 0.471. The predicted molar refractivity (Wildman–Crippen MR) is 86.9 cm³/mol. The molecule has 0 fully saturated rings. The van der Waals surface area contributed by atoms with E-state index in [9.17, 15) is 18.0 Å². The van der Waals surface area contributed by atoms with Crippen molar-refractivity contribution in [1.82, 2.24) is 10.0 Å². The van der Waals surface area contributed by atoms with Gasteiger partial charge < -0.3 is 14.8 Å². The Morgan fingerprint density at radius 2 is 1.88 bits per heavy atom. The van der Waals surface area contributed by atoms with E-state index in [4.69, 9.17) is 4.74 Å². The van der Waals surface area contributed by atoms with E-state index in [1.54, 1.807) is 13.0 Å². The zero-order valence-electron chi connectivity index (χ0n) is 13.9. The Morgan fingerprint density at radius 3 is 2.50 bits per heavy atom. The highest BCUT2D eigenvalue weighted by atomic mass is 32.2. The number of carbonyl (C=O) groups excluding carboxylic acids is 2. The molecule has 0 unspecified atom stereocenters. The molecule has 9 heteroatoms. The third-order valence-corrected chi connectivity index (χ3v) is 4.59. The first-order valence-corrected chi connectivity index (χ1v) is 8.72. The van der Waals surface area contributed by atoms with Crippen molar-refractivity contribution in [1.29, 1.82) is 0 Å². The summed E-state index contributed by atoms with van der Waals surface area (Å²) in [5, 5.41) is 2.47. The normalized spacial score (nSPS) is 11.1. The van der Waals surface area contributed by atoms with Gasteiger partial charge in [0.2, 0.25) is 10.0 Å². The predicted octanol–water partition coefficient (Wildman–Crippen LogP) is -0.112. The van der Waals surface area contributed by atoms with E-state index in [2.05, 4.69) is 14.8 Å². The second-order valence-corrected chi connectivity index (χ2v) is 6.84. The number of amides is 1. The topological polar surface area (TPSA) is 111 Å². The fourth-order valence-corrected chi connectivity index (χ4v) is 2.71. The molecule has 0 saturated carbocycles. The molecule has 8 nitrogen and oxygen atoms in total. The Labute approximate surface area is 141 Å². The molecule has 0 spiro atoms. The Balaban J connectivity index is 2.45. The number of ether oxygens (including phenoxy) is 2. The van der Waals surface area contributed by atoms with Crippen molar-refractivity contribution in [2.24, 2.45) is 0 Å². The van der Waals surface area contributed by atoms with Gasteiger partial charge in [-0.1, -0.05) is 6.07 Å². The standard InChI is InChI=1S/C15H22N2O6S/c1-11-4-5-13(8-12(11)2)24(20,21)17-9-15(19)23-10-14(18)16-6-7-22-3/h4-5,8,17H,6-7,9-10H2,1-3H3,(H,16,18). The first kappa shape index (κ1) is 20.1. The van der Waals surface area contributed by atoms with Crippen LogP contribution in [0.1, 0.15) is 11.1 Å². The minimum atomic E-state index is -3.82. The molecular formula is C15H22N2O6S. The van der Waals surface area contributed by atoms with Gasteiger partial charge in [0.15, 0.2) is 6.61 Å². The summed E-state index contributed by atoms with van der Waals surface area (Å²) in [7, 11) is -2.32. The summed E-state index contributed by atoms with van der Waals surface area (Å²) < 4.78 is 35.8. The monoisotopic (exact) mass is 358 g/mol. The molecule has 1 amide bonds. The molecule has 1 rings (SSSR count). The van der Waals surface area contributed by atoms with Crippen molar-refractivity contribution in [3.8, 4) is 0 Å². The summed E-state index contributed by atoms with van der Waals surface area (Å²) in [6.07, 6.45) is 0. The molecule has 0 aromatic heterocycles. The molecule has 0 bridgehead atoms. The van der Waals surface area contributed by atoms with Crippen LogP contribution in [-0.2, 0) is 29.1 Å². The van der Waals surface area contributed by atoms with Gasteiger partial charge in [-0.15, -0.1) is 0 Å². The van der Waals surface area contributed by atoms with Crippen molar-refractivity contribution in [2.45, 2.75) is 18.7 Å². The SMILES string of the molecule is COCCNC(=O)COC(=O)CNS(=O)(=O)c1ccc(C)c(C)c1. The van der Waals surface area contributed by atoms with Crippen molar-refractivity contribution in [3.63, 3.8) is 0 Å². The van der Waals surface area contributed by atoms with Crippen molar-refractivity contribution >= 4 is 21.9 Å². The highest BCUT2D eigenvalue weighted by Gasteiger charge is 2.17. The van der Waals surface area contributed by atoms with Crippen LogP contribution in [0.2, 0.25) is 0 Å². The maximum absolute atomic E-state index is 12.1. The lowest BCUT2D eigenvalue weighted by atomic mass is 10.1. The van der Waals surface area contributed by atoms with Crippen LogP contribution in [0.25, 0.3) is 0 Å². The van der Waals surface area contributed by atoms with Crippen LogP contribution in [0.5, 0.6) is 0 Å². The lowest BCUT2D eigenvalue weighted by molar-refractivity contribution is -0.147. The molecule has 1 aromatic carbocycles. The van der Waals surface area contributed by atoms with Crippen LogP contribution in [0, 0.1) is 13.8 Å². The third-order valence-electron chi connectivity index (χ3n) is 3.19. The number of benzene rings is 1. The molecule has 0 aliphatic rings. The maximum atomic E-state index is 12.1. The summed E-state index contributed by atoms with van der Waals surface area (Å²) in [5.41, 5.74) is 1.79. The fraction of sp³-hybridized carbons (Fsp3) is 0.467. The van der Waals surface area contributed by atoms with Gasteiger partial charge in [0.05, 0.1) is 11.5 Å². The zero-order valence-corrected chi connectivity index (χ0v) is 14.7. The van der Waals surface area contributed by atoms with Gasteiger partial charge in [-0.05, 0) is 37.1 Å². The van der Waals surface area contributed by atoms with Crippen molar-refractivity contribution in [2.75, 3.05) is 33.4 Å².